The van der Waals surface area contributed by atoms with Gasteiger partial charge in [0.1, 0.15) is 0 Å². The zero-order valence-electron chi connectivity index (χ0n) is 9.29. The summed E-state index contributed by atoms with van der Waals surface area (Å²) in [4.78, 5) is 2.51. The van der Waals surface area contributed by atoms with Crippen LogP contribution in [0.4, 0.5) is 0 Å². The molecular formula is C12H23N. The van der Waals surface area contributed by atoms with E-state index in [1.807, 2.05) is 0 Å². The third-order valence-electron chi connectivity index (χ3n) is 3.84. The van der Waals surface area contributed by atoms with Crippen molar-refractivity contribution < 1.29 is 0 Å². The molecule has 13 heavy (non-hydrogen) atoms. The van der Waals surface area contributed by atoms with E-state index in [9.17, 15) is 0 Å². The molecule has 1 aliphatic carbocycles. The van der Waals surface area contributed by atoms with Crippen LogP contribution in [-0.4, -0.2) is 25.0 Å². The number of nitrogens with zero attached hydrogens (tertiary/aromatic N) is 1. The van der Waals surface area contributed by atoms with Gasteiger partial charge in [0, 0.05) is 13.1 Å². The van der Waals surface area contributed by atoms with E-state index in [0.717, 1.165) is 23.7 Å². The Balaban J connectivity index is 1.83. The summed E-state index contributed by atoms with van der Waals surface area (Å²) in [6.45, 7) is 7.47. The van der Waals surface area contributed by atoms with Gasteiger partial charge in [0.15, 0.2) is 0 Å². The van der Waals surface area contributed by atoms with Crippen LogP contribution in [-0.2, 0) is 0 Å². The molecule has 0 N–H and O–H groups in total. The molecule has 0 aromatic heterocycles. The van der Waals surface area contributed by atoms with Crippen LogP contribution in [0.25, 0.3) is 0 Å². The number of hydrogen-bond donors (Lipinski definition) is 0. The molecule has 0 radical (unpaired) electrons. The summed E-state index contributed by atoms with van der Waals surface area (Å²) in [6, 6.07) is 0. The van der Waals surface area contributed by atoms with Crippen LogP contribution in [0, 0.1) is 23.7 Å². The maximum absolute atomic E-state index is 2.51. The molecule has 0 bridgehead atoms. The zero-order chi connectivity index (χ0) is 9.42. The molecule has 1 saturated heterocycles. The SMILES string of the molecule is CC(C)C[C@@H]1C[C@@H]2CN(C)C[C@@H]2C1. The largest absolute Gasteiger partial charge is 0.306 e. The van der Waals surface area contributed by atoms with E-state index >= 15 is 0 Å². The van der Waals surface area contributed by atoms with E-state index in [-0.39, 0.29) is 0 Å². The van der Waals surface area contributed by atoms with Crippen molar-refractivity contribution in [2.75, 3.05) is 20.1 Å². The van der Waals surface area contributed by atoms with Crippen LogP contribution in [0.5, 0.6) is 0 Å². The smallest absolute Gasteiger partial charge is 0.000996 e. The summed E-state index contributed by atoms with van der Waals surface area (Å²) >= 11 is 0. The van der Waals surface area contributed by atoms with Gasteiger partial charge in [-0.05, 0) is 50.0 Å². The predicted molar refractivity (Wildman–Crippen MR) is 56.7 cm³/mol. The Morgan fingerprint density at radius 1 is 1.15 bits per heavy atom. The summed E-state index contributed by atoms with van der Waals surface area (Å²) in [5, 5.41) is 0. The van der Waals surface area contributed by atoms with E-state index < -0.39 is 0 Å². The second kappa shape index (κ2) is 3.61. The summed E-state index contributed by atoms with van der Waals surface area (Å²) in [5.74, 6) is 4.06. The lowest BCUT2D eigenvalue weighted by Crippen LogP contribution is -2.16. The number of likely N-dealkylation sites (tertiary alicyclic amines) is 1. The van der Waals surface area contributed by atoms with Gasteiger partial charge in [0.05, 0.1) is 0 Å². The van der Waals surface area contributed by atoms with Crippen LogP contribution in [0.3, 0.4) is 0 Å². The van der Waals surface area contributed by atoms with Gasteiger partial charge >= 0.3 is 0 Å². The highest BCUT2D eigenvalue weighted by Crippen LogP contribution is 2.43. The molecule has 2 aliphatic rings. The van der Waals surface area contributed by atoms with Gasteiger partial charge in [-0.2, -0.15) is 0 Å². The monoisotopic (exact) mass is 181 g/mol. The Hall–Kier alpha value is -0.0400. The van der Waals surface area contributed by atoms with E-state index in [4.69, 9.17) is 0 Å². The molecule has 1 heterocycles. The highest BCUT2D eigenvalue weighted by Gasteiger charge is 2.39. The maximum atomic E-state index is 2.51. The molecule has 1 heteroatoms. The van der Waals surface area contributed by atoms with Gasteiger partial charge in [-0.3, -0.25) is 0 Å². The van der Waals surface area contributed by atoms with E-state index in [0.29, 0.717) is 0 Å². The van der Waals surface area contributed by atoms with Crippen molar-refractivity contribution in [3.8, 4) is 0 Å². The van der Waals surface area contributed by atoms with Gasteiger partial charge in [-0.15, -0.1) is 0 Å². The summed E-state index contributed by atoms with van der Waals surface area (Å²) in [7, 11) is 2.27. The highest BCUT2D eigenvalue weighted by atomic mass is 15.1. The van der Waals surface area contributed by atoms with Gasteiger partial charge in [0.25, 0.3) is 0 Å². The van der Waals surface area contributed by atoms with Crippen LogP contribution < -0.4 is 0 Å². The van der Waals surface area contributed by atoms with Crippen molar-refractivity contribution in [1.29, 1.82) is 0 Å². The fourth-order valence-corrected chi connectivity index (χ4v) is 3.52. The summed E-state index contributed by atoms with van der Waals surface area (Å²) in [5.41, 5.74) is 0. The van der Waals surface area contributed by atoms with Crippen molar-refractivity contribution in [3.63, 3.8) is 0 Å². The lowest BCUT2D eigenvalue weighted by molar-refractivity contribution is 0.330. The quantitative estimate of drug-likeness (QED) is 0.633. The van der Waals surface area contributed by atoms with E-state index in [2.05, 4.69) is 25.8 Å². The Bertz CT molecular complexity index is 162. The predicted octanol–water partition coefficient (Wildman–Crippen LogP) is 2.62. The summed E-state index contributed by atoms with van der Waals surface area (Å²) < 4.78 is 0. The minimum absolute atomic E-state index is 0.904. The molecule has 76 valence electrons. The molecule has 1 aliphatic heterocycles. The Kier molecular flexibility index (Phi) is 2.64. The molecule has 0 aromatic rings. The molecule has 0 unspecified atom stereocenters. The molecular weight excluding hydrogens is 158 g/mol. The zero-order valence-corrected chi connectivity index (χ0v) is 9.29. The van der Waals surface area contributed by atoms with Crippen molar-refractivity contribution in [1.82, 2.24) is 4.90 Å². The maximum Gasteiger partial charge on any atom is 0.000996 e. The normalized spacial score (nSPS) is 40.2. The van der Waals surface area contributed by atoms with Crippen LogP contribution in [0.1, 0.15) is 33.1 Å². The molecule has 2 rings (SSSR count). The first-order valence-corrected chi connectivity index (χ1v) is 5.83. The molecule has 1 nitrogen and oxygen atoms in total. The van der Waals surface area contributed by atoms with Gasteiger partial charge in [-0.1, -0.05) is 13.8 Å². The average Bonchev–Trinajstić information content (AvgIpc) is 2.41. The van der Waals surface area contributed by atoms with Crippen LogP contribution >= 0.6 is 0 Å². The molecule has 3 atom stereocenters. The Morgan fingerprint density at radius 2 is 1.69 bits per heavy atom. The topological polar surface area (TPSA) is 3.24 Å². The molecule has 0 amide bonds. The van der Waals surface area contributed by atoms with Crippen molar-refractivity contribution >= 4 is 0 Å². The second-order valence-electron chi connectivity index (χ2n) is 5.71. The standard InChI is InChI=1S/C12H23N/c1-9(2)4-10-5-11-7-13(3)8-12(11)6-10/h9-12H,4-8H2,1-3H3/t10-,11-,12+. The van der Waals surface area contributed by atoms with Crippen LogP contribution in [0.15, 0.2) is 0 Å². The highest BCUT2D eigenvalue weighted by molar-refractivity contribution is 4.91. The fraction of sp³-hybridized carbons (Fsp3) is 1.00. The van der Waals surface area contributed by atoms with E-state index in [1.165, 1.54) is 32.4 Å². The third kappa shape index (κ3) is 2.07. The number of rotatable bonds is 2. The Morgan fingerprint density at radius 3 is 2.15 bits per heavy atom. The van der Waals surface area contributed by atoms with Crippen LogP contribution in [0.2, 0.25) is 0 Å². The minimum atomic E-state index is 0.904. The second-order valence-corrected chi connectivity index (χ2v) is 5.71. The van der Waals surface area contributed by atoms with Crippen molar-refractivity contribution in [3.05, 3.63) is 0 Å². The first-order chi connectivity index (χ1) is 6.15. The molecule has 0 aromatic carbocycles. The van der Waals surface area contributed by atoms with E-state index in [1.54, 1.807) is 0 Å². The van der Waals surface area contributed by atoms with Gasteiger partial charge in [-0.25, -0.2) is 0 Å². The fourth-order valence-electron chi connectivity index (χ4n) is 3.52. The molecule has 0 spiro atoms. The number of hydrogen-bond acceptors (Lipinski definition) is 1. The third-order valence-corrected chi connectivity index (χ3v) is 3.84. The first-order valence-electron chi connectivity index (χ1n) is 5.83. The number of fused-ring (bicyclic) bond motifs is 1. The summed E-state index contributed by atoms with van der Waals surface area (Å²) in [6.07, 6.45) is 4.51. The minimum Gasteiger partial charge on any atom is -0.306 e. The Labute approximate surface area is 82.5 Å². The lowest BCUT2D eigenvalue weighted by Gasteiger charge is -2.15. The molecule has 2 fully saturated rings. The van der Waals surface area contributed by atoms with Crippen molar-refractivity contribution in [2.24, 2.45) is 23.7 Å². The molecule has 1 saturated carbocycles. The van der Waals surface area contributed by atoms with Crippen molar-refractivity contribution in [2.45, 2.75) is 33.1 Å². The van der Waals surface area contributed by atoms with Gasteiger partial charge < -0.3 is 4.90 Å². The lowest BCUT2D eigenvalue weighted by atomic mass is 9.94. The average molecular weight is 181 g/mol. The van der Waals surface area contributed by atoms with Gasteiger partial charge in [0.2, 0.25) is 0 Å². The first kappa shape index (κ1) is 9.51.